The molecule has 0 bridgehead atoms. The molecular formula is C16H20N2OS. The van der Waals surface area contributed by atoms with Crippen molar-refractivity contribution in [3.63, 3.8) is 0 Å². The molecule has 1 aromatic carbocycles. The van der Waals surface area contributed by atoms with E-state index >= 15 is 0 Å². The van der Waals surface area contributed by atoms with Crippen molar-refractivity contribution in [1.29, 1.82) is 0 Å². The van der Waals surface area contributed by atoms with Crippen LogP contribution >= 0.6 is 11.8 Å². The molecule has 0 saturated carbocycles. The van der Waals surface area contributed by atoms with Gasteiger partial charge in [-0.2, -0.15) is 0 Å². The molecule has 0 fully saturated rings. The number of nitrogens with one attached hydrogen (secondary N) is 1. The largest absolute Gasteiger partial charge is 0.497 e. The van der Waals surface area contributed by atoms with E-state index in [0.29, 0.717) is 6.04 Å². The third-order valence-corrected chi connectivity index (χ3v) is 4.06. The van der Waals surface area contributed by atoms with E-state index < -0.39 is 0 Å². The topological polar surface area (TPSA) is 34.2 Å². The Bertz CT molecular complexity index is 560. The molecule has 3 nitrogen and oxygen atoms in total. The van der Waals surface area contributed by atoms with E-state index in [0.717, 1.165) is 22.2 Å². The van der Waals surface area contributed by atoms with E-state index in [9.17, 15) is 0 Å². The van der Waals surface area contributed by atoms with Crippen molar-refractivity contribution in [2.75, 3.05) is 13.7 Å². The van der Waals surface area contributed by atoms with Crippen LogP contribution in [0.4, 0.5) is 0 Å². The van der Waals surface area contributed by atoms with Gasteiger partial charge in [-0.1, -0.05) is 30.8 Å². The third kappa shape index (κ3) is 3.74. The lowest BCUT2D eigenvalue weighted by atomic mass is 10.1. The van der Waals surface area contributed by atoms with Gasteiger partial charge in [0, 0.05) is 22.7 Å². The first-order valence-electron chi connectivity index (χ1n) is 6.74. The number of benzene rings is 1. The maximum absolute atomic E-state index is 5.26. The summed E-state index contributed by atoms with van der Waals surface area (Å²) < 4.78 is 5.26. The van der Waals surface area contributed by atoms with Crippen LogP contribution in [0.5, 0.6) is 5.75 Å². The van der Waals surface area contributed by atoms with E-state index in [-0.39, 0.29) is 0 Å². The Labute approximate surface area is 124 Å². The third-order valence-electron chi connectivity index (χ3n) is 3.03. The highest BCUT2D eigenvalue weighted by atomic mass is 32.2. The minimum absolute atomic E-state index is 0.293. The smallest absolute Gasteiger partial charge is 0.119 e. The predicted octanol–water partition coefficient (Wildman–Crippen LogP) is 3.91. The Morgan fingerprint density at radius 2 is 2.15 bits per heavy atom. The number of nitrogens with zero attached hydrogens (tertiary/aromatic N) is 1. The molecule has 1 N–H and O–H groups in total. The highest BCUT2D eigenvalue weighted by Gasteiger charge is 2.11. The minimum Gasteiger partial charge on any atom is -0.497 e. The summed E-state index contributed by atoms with van der Waals surface area (Å²) in [5.74, 6) is 0.868. The number of rotatable bonds is 6. The van der Waals surface area contributed by atoms with Crippen LogP contribution in [0.1, 0.15) is 25.5 Å². The van der Waals surface area contributed by atoms with Crippen LogP contribution in [0.2, 0.25) is 0 Å². The summed E-state index contributed by atoms with van der Waals surface area (Å²) in [4.78, 5) is 5.65. The minimum atomic E-state index is 0.293. The highest BCUT2D eigenvalue weighted by Crippen LogP contribution is 2.32. The molecule has 0 saturated heterocycles. The monoisotopic (exact) mass is 288 g/mol. The van der Waals surface area contributed by atoms with Crippen molar-refractivity contribution in [3.8, 4) is 5.75 Å². The van der Waals surface area contributed by atoms with E-state index in [1.54, 1.807) is 18.9 Å². The van der Waals surface area contributed by atoms with Crippen LogP contribution in [-0.4, -0.2) is 18.6 Å². The summed E-state index contributed by atoms with van der Waals surface area (Å²) in [6.45, 7) is 5.22. The second-order valence-corrected chi connectivity index (χ2v) is 5.52. The lowest BCUT2D eigenvalue weighted by molar-refractivity contribution is 0.413. The standard InChI is InChI=1S/C16H20N2OS/c1-4-17-12(2)15-9-6-10-18-16(15)20-14-8-5-7-13(11-14)19-3/h5-12,17H,4H2,1-3H3. The van der Waals surface area contributed by atoms with Gasteiger partial charge in [-0.3, -0.25) is 0 Å². The maximum Gasteiger partial charge on any atom is 0.119 e. The Morgan fingerprint density at radius 1 is 1.30 bits per heavy atom. The van der Waals surface area contributed by atoms with E-state index in [1.165, 1.54) is 5.56 Å². The van der Waals surface area contributed by atoms with Crippen LogP contribution in [0.25, 0.3) is 0 Å². The lowest BCUT2D eigenvalue weighted by Crippen LogP contribution is -2.18. The van der Waals surface area contributed by atoms with Crippen molar-refractivity contribution in [1.82, 2.24) is 10.3 Å². The molecule has 0 aliphatic carbocycles. The first-order valence-corrected chi connectivity index (χ1v) is 7.56. The Kier molecular flexibility index (Phi) is 5.44. The second-order valence-electron chi connectivity index (χ2n) is 4.46. The number of pyridine rings is 1. The van der Waals surface area contributed by atoms with Gasteiger partial charge in [0.05, 0.1) is 7.11 Å². The molecule has 2 aromatic rings. The fourth-order valence-electron chi connectivity index (χ4n) is 2.01. The molecule has 1 atom stereocenters. The number of hydrogen-bond donors (Lipinski definition) is 1. The van der Waals surface area contributed by atoms with Gasteiger partial charge in [-0.25, -0.2) is 4.98 Å². The van der Waals surface area contributed by atoms with Gasteiger partial charge < -0.3 is 10.1 Å². The average molecular weight is 288 g/mol. The van der Waals surface area contributed by atoms with Crippen LogP contribution in [-0.2, 0) is 0 Å². The molecule has 20 heavy (non-hydrogen) atoms. The van der Waals surface area contributed by atoms with Gasteiger partial charge in [0.2, 0.25) is 0 Å². The summed E-state index contributed by atoms with van der Waals surface area (Å²) >= 11 is 1.67. The molecule has 0 radical (unpaired) electrons. The molecule has 4 heteroatoms. The summed E-state index contributed by atoms with van der Waals surface area (Å²) in [6.07, 6.45) is 1.84. The summed E-state index contributed by atoms with van der Waals surface area (Å²) in [5.41, 5.74) is 1.22. The average Bonchev–Trinajstić information content (AvgIpc) is 2.48. The quantitative estimate of drug-likeness (QED) is 0.874. The van der Waals surface area contributed by atoms with Gasteiger partial charge in [0.15, 0.2) is 0 Å². The second kappa shape index (κ2) is 7.31. The van der Waals surface area contributed by atoms with Crippen molar-refractivity contribution in [2.24, 2.45) is 0 Å². The van der Waals surface area contributed by atoms with Crippen LogP contribution in [0.15, 0.2) is 52.5 Å². The zero-order valence-corrected chi connectivity index (χ0v) is 12.9. The van der Waals surface area contributed by atoms with E-state index in [4.69, 9.17) is 4.74 Å². The van der Waals surface area contributed by atoms with Gasteiger partial charge >= 0.3 is 0 Å². The number of aromatic nitrogens is 1. The number of hydrogen-bond acceptors (Lipinski definition) is 4. The Morgan fingerprint density at radius 3 is 2.90 bits per heavy atom. The van der Waals surface area contributed by atoms with Gasteiger partial charge in [-0.15, -0.1) is 0 Å². The zero-order chi connectivity index (χ0) is 14.4. The molecule has 0 aliphatic rings. The summed E-state index contributed by atoms with van der Waals surface area (Å²) in [6, 6.07) is 12.5. The van der Waals surface area contributed by atoms with Crippen molar-refractivity contribution in [2.45, 2.75) is 29.8 Å². The molecule has 0 amide bonds. The highest BCUT2D eigenvalue weighted by molar-refractivity contribution is 7.99. The Hall–Kier alpha value is -1.52. The molecule has 1 heterocycles. The maximum atomic E-state index is 5.26. The molecule has 0 aliphatic heterocycles. The lowest BCUT2D eigenvalue weighted by Gasteiger charge is -2.16. The Balaban J connectivity index is 2.24. The summed E-state index contributed by atoms with van der Waals surface area (Å²) in [5, 5.41) is 4.47. The van der Waals surface area contributed by atoms with Crippen molar-refractivity contribution < 1.29 is 4.74 Å². The summed E-state index contributed by atoms with van der Waals surface area (Å²) in [7, 11) is 1.68. The SMILES string of the molecule is CCNC(C)c1cccnc1Sc1cccc(OC)c1. The number of ether oxygens (including phenoxy) is 1. The van der Waals surface area contributed by atoms with Gasteiger partial charge in [-0.05, 0) is 37.7 Å². The van der Waals surface area contributed by atoms with Crippen LogP contribution in [0.3, 0.4) is 0 Å². The fourth-order valence-corrected chi connectivity index (χ4v) is 3.03. The van der Waals surface area contributed by atoms with Crippen molar-refractivity contribution in [3.05, 3.63) is 48.2 Å². The first-order chi connectivity index (χ1) is 9.74. The van der Waals surface area contributed by atoms with Crippen LogP contribution in [0, 0.1) is 0 Å². The number of methoxy groups -OCH3 is 1. The van der Waals surface area contributed by atoms with Gasteiger partial charge in [0.25, 0.3) is 0 Å². The predicted molar refractivity (Wildman–Crippen MR) is 83.4 cm³/mol. The van der Waals surface area contributed by atoms with E-state index in [1.807, 2.05) is 30.5 Å². The fraction of sp³-hybridized carbons (Fsp3) is 0.312. The molecular weight excluding hydrogens is 268 g/mol. The van der Waals surface area contributed by atoms with E-state index in [2.05, 4.69) is 36.3 Å². The molecule has 1 aromatic heterocycles. The first kappa shape index (κ1) is 14.9. The van der Waals surface area contributed by atoms with Gasteiger partial charge in [0.1, 0.15) is 10.8 Å². The molecule has 0 spiro atoms. The zero-order valence-electron chi connectivity index (χ0n) is 12.1. The molecule has 1 unspecified atom stereocenters. The normalized spacial score (nSPS) is 12.2. The van der Waals surface area contributed by atoms with Crippen LogP contribution < -0.4 is 10.1 Å². The molecule has 106 valence electrons. The molecule has 2 rings (SSSR count). The van der Waals surface area contributed by atoms with Crippen molar-refractivity contribution >= 4 is 11.8 Å².